The van der Waals surface area contributed by atoms with Gasteiger partial charge >= 0.3 is 67.9 Å². The van der Waals surface area contributed by atoms with Crippen LogP contribution in [0.4, 0.5) is 0 Å². The van der Waals surface area contributed by atoms with Gasteiger partial charge in [0.15, 0.2) is 6.23 Å². The summed E-state index contributed by atoms with van der Waals surface area (Å²) in [5.74, 6) is 0. The summed E-state index contributed by atoms with van der Waals surface area (Å²) in [4.78, 5) is 16.3. The second-order valence-electron chi connectivity index (χ2n) is 1.74. The van der Waals surface area contributed by atoms with Gasteiger partial charge in [-0.05, 0) is 0 Å². The average molecular weight is 257 g/mol. The van der Waals surface area contributed by atoms with Crippen LogP contribution in [-0.4, -0.2) is 22.6 Å². The van der Waals surface area contributed by atoms with Crippen molar-refractivity contribution in [3.05, 3.63) is 0 Å². The Morgan fingerprint density at radius 3 is 2.31 bits per heavy atom. The quantitative estimate of drug-likeness (QED) is 0.265. The summed E-state index contributed by atoms with van der Waals surface area (Å²) in [6, 6.07) is 0. The molecule has 7 nitrogen and oxygen atoms in total. The van der Waals surface area contributed by atoms with Gasteiger partial charge in [0.2, 0.25) is 0 Å². The van der Waals surface area contributed by atoms with Crippen molar-refractivity contribution in [3.63, 3.8) is 0 Å². The SMILES string of the molecule is NC(CCO[P+](=O)O)O[P+](=O)O.[H-].[K+]. The van der Waals surface area contributed by atoms with E-state index in [0.717, 1.165) is 0 Å². The maximum Gasteiger partial charge on any atom is 1.00 e. The van der Waals surface area contributed by atoms with Gasteiger partial charge in [-0.2, -0.15) is 0 Å². The van der Waals surface area contributed by atoms with Gasteiger partial charge in [0.05, 0.1) is 0 Å². The third kappa shape index (κ3) is 13.6. The molecule has 0 fully saturated rings. The van der Waals surface area contributed by atoms with Gasteiger partial charge in [-0.15, -0.1) is 18.8 Å². The van der Waals surface area contributed by atoms with Crippen LogP contribution in [0.5, 0.6) is 0 Å². The molecule has 0 rings (SSSR count). The summed E-state index contributed by atoms with van der Waals surface area (Å²) in [7, 11) is -5.39. The first-order chi connectivity index (χ1) is 5.52. The van der Waals surface area contributed by atoms with Crippen molar-refractivity contribution in [2.24, 2.45) is 5.73 Å². The van der Waals surface area contributed by atoms with E-state index in [0.29, 0.717) is 0 Å². The first-order valence-electron chi connectivity index (χ1n) is 2.90. The van der Waals surface area contributed by atoms with Gasteiger partial charge in [-0.25, -0.2) is 0 Å². The maximum atomic E-state index is 10.0. The topological polar surface area (TPSA) is 119 Å². The van der Waals surface area contributed by atoms with Crippen molar-refractivity contribution in [1.82, 2.24) is 0 Å². The molecule has 0 aromatic carbocycles. The molecule has 0 amide bonds. The molecule has 0 bridgehead atoms. The van der Waals surface area contributed by atoms with Crippen LogP contribution in [0.15, 0.2) is 0 Å². The van der Waals surface area contributed by atoms with Crippen molar-refractivity contribution < 1.29 is 80.8 Å². The Hall–Kier alpha value is 1.64. The standard InChI is InChI=1S/C3H7NO6P2.K.H/c4-3(10-12(7)8)1-2-9-11(5)6;;/h3H,1-2,4H2;;/q;+1;-1/p+2. The van der Waals surface area contributed by atoms with Gasteiger partial charge in [-0.3, -0.25) is 0 Å². The minimum Gasteiger partial charge on any atom is -1.00 e. The minimum atomic E-state index is -2.74. The second-order valence-corrected chi connectivity index (χ2v) is 3.16. The summed E-state index contributed by atoms with van der Waals surface area (Å²) < 4.78 is 28.4. The predicted molar refractivity (Wildman–Crippen MR) is 40.4 cm³/mol. The summed E-state index contributed by atoms with van der Waals surface area (Å²) in [5, 5.41) is 0. The number of hydrogen-bond donors (Lipinski definition) is 3. The fraction of sp³-hybridized carbons (Fsp3) is 1.00. The van der Waals surface area contributed by atoms with E-state index in [1.807, 2.05) is 0 Å². The smallest absolute Gasteiger partial charge is 1.00 e. The van der Waals surface area contributed by atoms with E-state index in [1.165, 1.54) is 0 Å². The zero-order valence-corrected chi connectivity index (χ0v) is 11.9. The normalized spacial score (nSPS) is 14.4. The second kappa shape index (κ2) is 10.2. The van der Waals surface area contributed by atoms with Crippen LogP contribution in [0, 0.1) is 0 Å². The molecule has 13 heavy (non-hydrogen) atoms. The zero-order valence-electron chi connectivity index (χ0n) is 7.99. The molecular weight excluding hydrogens is 247 g/mol. The molecule has 3 atom stereocenters. The van der Waals surface area contributed by atoms with E-state index in [4.69, 9.17) is 15.5 Å². The predicted octanol–water partition coefficient (Wildman–Crippen LogP) is -2.89. The third-order valence-corrected chi connectivity index (χ3v) is 1.68. The number of hydrogen-bond acceptors (Lipinski definition) is 5. The van der Waals surface area contributed by atoms with Gasteiger partial charge in [0.1, 0.15) is 6.61 Å². The van der Waals surface area contributed by atoms with Crippen molar-refractivity contribution in [1.29, 1.82) is 0 Å². The first kappa shape index (κ1) is 17.0. The average Bonchev–Trinajstić information content (AvgIpc) is 1.84. The molecule has 10 heteroatoms. The summed E-state index contributed by atoms with van der Waals surface area (Å²) >= 11 is 0. The van der Waals surface area contributed by atoms with E-state index < -0.39 is 22.7 Å². The van der Waals surface area contributed by atoms with Crippen LogP contribution in [0.1, 0.15) is 7.85 Å². The Bertz CT molecular complexity index is 184. The zero-order chi connectivity index (χ0) is 9.56. The summed E-state index contributed by atoms with van der Waals surface area (Å²) in [6.07, 6.45) is -0.892. The Labute approximate surface area is 121 Å². The molecule has 72 valence electrons. The van der Waals surface area contributed by atoms with Crippen molar-refractivity contribution >= 4 is 16.5 Å². The van der Waals surface area contributed by atoms with Gasteiger partial charge in [0.25, 0.3) is 0 Å². The van der Waals surface area contributed by atoms with E-state index in [9.17, 15) is 9.13 Å². The van der Waals surface area contributed by atoms with Crippen molar-refractivity contribution in [2.75, 3.05) is 6.61 Å². The molecule has 0 saturated carbocycles. The van der Waals surface area contributed by atoms with Crippen LogP contribution in [0.25, 0.3) is 0 Å². The van der Waals surface area contributed by atoms with E-state index in [1.54, 1.807) is 0 Å². The molecule has 0 saturated heterocycles. The molecule has 0 heterocycles. The van der Waals surface area contributed by atoms with E-state index >= 15 is 0 Å². The monoisotopic (exact) mass is 257 g/mol. The molecule has 0 aliphatic rings. The van der Waals surface area contributed by atoms with E-state index in [2.05, 4.69) is 9.05 Å². The molecule has 0 aliphatic heterocycles. The minimum absolute atomic E-state index is 0. The molecule has 0 aromatic rings. The van der Waals surface area contributed by atoms with Crippen LogP contribution in [0.2, 0.25) is 0 Å². The maximum absolute atomic E-state index is 10.0. The van der Waals surface area contributed by atoms with Crippen LogP contribution < -0.4 is 57.1 Å². The Morgan fingerprint density at radius 2 is 1.92 bits per heavy atom. The van der Waals surface area contributed by atoms with Crippen molar-refractivity contribution in [2.45, 2.75) is 12.6 Å². The Morgan fingerprint density at radius 1 is 1.38 bits per heavy atom. The molecule has 0 spiro atoms. The molecule has 0 aliphatic carbocycles. The Balaban J connectivity index is -0.000000605. The number of nitrogens with two attached hydrogens (primary N) is 1. The Kier molecular flexibility index (Phi) is 13.3. The summed E-state index contributed by atoms with van der Waals surface area (Å²) in [6.45, 7) is -0.101. The van der Waals surface area contributed by atoms with Crippen LogP contribution in [0.3, 0.4) is 0 Å². The molecule has 4 N–H and O–H groups in total. The fourth-order valence-corrected chi connectivity index (χ4v) is 1.01. The first-order valence-corrected chi connectivity index (χ1v) is 5.16. The van der Waals surface area contributed by atoms with Gasteiger partial charge in [0, 0.05) is 15.6 Å². The van der Waals surface area contributed by atoms with Crippen LogP contribution in [-0.2, 0) is 18.2 Å². The van der Waals surface area contributed by atoms with Gasteiger partial charge < -0.3 is 7.16 Å². The molecule has 3 unspecified atom stereocenters. The van der Waals surface area contributed by atoms with Gasteiger partial charge in [-0.1, -0.05) is 0 Å². The van der Waals surface area contributed by atoms with Crippen molar-refractivity contribution in [3.8, 4) is 0 Å². The molecule has 0 aromatic heterocycles. The third-order valence-electron chi connectivity index (χ3n) is 0.830. The largest absolute Gasteiger partial charge is 1.00 e. The van der Waals surface area contributed by atoms with E-state index in [-0.39, 0.29) is 65.8 Å². The summed E-state index contributed by atoms with van der Waals surface area (Å²) in [5.41, 5.74) is 5.14. The molecular formula is C3H10KNO6P2+2. The van der Waals surface area contributed by atoms with Crippen LogP contribution >= 0.6 is 16.5 Å². The molecule has 0 radical (unpaired) electrons. The fourth-order valence-electron chi connectivity index (χ4n) is 0.415. The number of rotatable bonds is 6.